The molecule has 0 saturated heterocycles. The first-order valence-electron chi connectivity index (χ1n) is 49.8. The number of halogens is 4. The van der Waals surface area contributed by atoms with Gasteiger partial charge in [0.1, 0.15) is 0 Å². The number of aryl methyl sites for hydroxylation is 4. The van der Waals surface area contributed by atoms with Gasteiger partial charge in [-0.15, -0.1) is 0 Å². The van der Waals surface area contributed by atoms with Crippen LogP contribution in [-0.4, -0.2) is 53.3 Å². The second-order valence-corrected chi connectivity index (χ2v) is 40.6. The summed E-state index contributed by atoms with van der Waals surface area (Å²) in [6, 6.07) is 136. The molecule has 3 aliphatic heterocycles. The molecule has 0 spiro atoms. The molecule has 16 aromatic carbocycles. The molecule has 1 N–H and O–H groups in total. The van der Waals surface area contributed by atoms with Crippen molar-refractivity contribution in [1.29, 1.82) is 0 Å². The molecule has 10 nitrogen and oxygen atoms in total. The molecule has 16 aromatic rings. The van der Waals surface area contributed by atoms with E-state index in [0.717, 1.165) is 113 Å². The van der Waals surface area contributed by atoms with E-state index < -0.39 is 17.7 Å². The molecule has 2 aliphatic carbocycles. The number of allylic oxidation sites excluding steroid dienone is 10. The van der Waals surface area contributed by atoms with E-state index in [0.29, 0.717) is 6.42 Å². The van der Waals surface area contributed by atoms with Crippen LogP contribution in [0.2, 0.25) is 0 Å². The SMILES string of the molecule is C.C(=Nc1ccccc1)C1=C(N(c2ccccc2)c2ccccc2)/C(=C/Nc2ccccc2)CC1.CC1=Nc2ccc(C)cc2C1(C)C.Cc1ccc(S(=O)(=O)OCCc2cccc3ccccc23)cc1.Cc1ccc2c(c1)C(C)(C)C(=CC=C1CC/C(=C\C=C3\N(CCc4cccc5ccccc45)c4ccc(C)cc4C3(C)C)C1=[N+](c1ccccc1)c1ccccc1)N2CCc1cccc2ccccc12.FB(F)F.[F-]. The minimum absolute atomic E-state index is 0. The molecule has 1 saturated carbocycles. The molecule has 0 bridgehead atoms. The van der Waals surface area contributed by atoms with E-state index in [9.17, 15) is 21.4 Å². The average molecular weight is 1960 g/mol. The van der Waals surface area contributed by atoms with Crippen molar-refractivity contribution in [1.82, 2.24) is 4.58 Å². The highest BCUT2D eigenvalue weighted by molar-refractivity contribution is 7.86. The summed E-state index contributed by atoms with van der Waals surface area (Å²) in [6.45, 7) is 26.6. The van der Waals surface area contributed by atoms with Crippen molar-refractivity contribution in [2.24, 2.45) is 9.98 Å². The van der Waals surface area contributed by atoms with Crippen LogP contribution >= 0.6 is 0 Å². The molecule has 5 aliphatic rings. The quantitative estimate of drug-likeness (QED) is 0.0238. The molecule has 1 fully saturated rings. The lowest BCUT2D eigenvalue weighted by Crippen LogP contribution is -3.00. The van der Waals surface area contributed by atoms with Crippen LogP contribution in [0.4, 0.5) is 64.1 Å². The highest BCUT2D eigenvalue weighted by atomic mass is 32.2. The predicted molar refractivity (Wildman–Crippen MR) is 608 cm³/mol. The Kier molecular flexibility index (Phi) is 34.1. The van der Waals surface area contributed by atoms with Gasteiger partial charge in [-0.2, -0.15) is 13.0 Å². The Morgan fingerprint density at radius 1 is 0.425 bits per heavy atom. The Balaban J connectivity index is 0.000000172. The van der Waals surface area contributed by atoms with Gasteiger partial charge in [-0.05, 0) is 247 Å². The Morgan fingerprint density at radius 2 is 0.808 bits per heavy atom. The van der Waals surface area contributed by atoms with Crippen LogP contribution in [0.1, 0.15) is 137 Å². The molecule has 21 rings (SSSR count). The zero-order valence-corrected chi connectivity index (χ0v) is 85.2. The molecular weight excluding hydrogens is 1830 g/mol. The fourth-order valence-corrected chi connectivity index (χ4v) is 21.2. The van der Waals surface area contributed by atoms with Gasteiger partial charge in [-0.1, -0.05) is 368 Å². The maximum absolute atomic E-state index is 12.2. The number of nitrogens with zero attached hydrogens (tertiary/aromatic N) is 6. The highest BCUT2D eigenvalue weighted by Gasteiger charge is 2.43. The van der Waals surface area contributed by atoms with Crippen LogP contribution in [0.25, 0.3) is 32.3 Å². The van der Waals surface area contributed by atoms with Gasteiger partial charge in [-0.25, -0.2) is 0 Å². The van der Waals surface area contributed by atoms with Crippen LogP contribution in [0.5, 0.6) is 0 Å². The fourth-order valence-electron chi connectivity index (χ4n) is 20.3. The minimum atomic E-state index is -3.70. The lowest BCUT2D eigenvalue weighted by Gasteiger charge is -2.28. The molecule has 0 aromatic heterocycles. The van der Waals surface area contributed by atoms with Gasteiger partial charge in [0.25, 0.3) is 10.1 Å². The van der Waals surface area contributed by atoms with Crippen molar-refractivity contribution >= 4 is 119 Å². The summed E-state index contributed by atoms with van der Waals surface area (Å²) in [4.78, 5) is 17.1. The number of benzene rings is 16. The molecule has 146 heavy (non-hydrogen) atoms. The van der Waals surface area contributed by atoms with Gasteiger partial charge < -0.3 is 24.7 Å². The average Bonchev–Trinajstić information content (AvgIpc) is 1.59. The van der Waals surface area contributed by atoms with Crippen molar-refractivity contribution in [2.45, 2.75) is 150 Å². The fraction of sp³-hybridized carbons (Fsp3) is 0.192. The van der Waals surface area contributed by atoms with Crippen molar-refractivity contribution in [2.75, 3.05) is 39.7 Å². The molecule has 0 atom stereocenters. The second-order valence-electron chi connectivity index (χ2n) is 38.9. The van der Waals surface area contributed by atoms with Gasteiger partial charge in [0.15, 0.2) is 0 Å². The topological polar surface area (TPSA) is 92.8 Å². The number of nitrogens with one attached hydrogen (secondary N) is 1. The van der Waals surface area contributed by atoms with Crippen molar-refractivity contribution < 1.29 is 30.3 Å². The second kappa shape index (κ2) is 47.4. The largest absolute Gasteiger partial charge is 1.00 e. The van der Waals surface area contributed by atoms with Crippen molar-refractivity contribution in [3.63, 3.8) is 0 Å². The summed E-state index contributed by atoms with van der Waals surface area (Å²) >= 11 is 0. The third kappa shape index (κ3) is 24.3. The standard InChI is InChI=1S/C67H64N3.C31H27N3.C19H18O3S.C12H15N.CH4.BF3.FH/c1-47-31-37-61-59(45-47)66(3,4)63(68(61)43-41-51-23-17-21-49-19-13-15-29-57(49)51)39-35-53-33-34-54(65(53)70(55-25-9-7-10-26-55)56-27-11-8-12-28-56)36-40-64-67(5,6)60-46-48(2)32-38-62(60)69(64)44-42-52-24-18-22-50-20-14-16-30-58(50)52;1-5-13-27(14-6-1)32-23-25-21-22-26(24-33-28-15-7-2-8-16-28)31(25)34(29-17-9-3-10-18-29)30-19-11-4-12-20-30;1-15-9-11-18(12-10-15)23(20,21)22-14-13-17-7-4-6-16-5-2-3-8-19(16)17;1-8-5-6-11-10(7-8)12(3,4)9(2)13-11;;2-1(3)4;/h7-32,35-40,45-46H,33-34,41-44H2,1-6H3;1-20,23-24,32H,21-22H2;2-12H,13-14H2,1H3;5-7H,1-4H3;1H4;;1H/q+1;;;;;;/p-1/b;25-23+,33-24?;;;;;. The number of aliphatic imine (C=N–C) groups is 2. The number of rotatable bonds is 22. The van der Waals surface area contributed by atoms with E-state index in [4.69, 9.17) is 9.18 Å². The lowest BCUT2D eigenvalue weighted by molar-refractivity contribution is -0.0000351. The van der Waals surface area contributed by atoms with E-state index in [1.54, 1.807) is 24.3 Å². The van der Waals surface area contributed by atoms with E-state index in [1.165, 1.54) is 128 Å². The Labute approximate surface area is 860 Å². The van der Waals surface area contributed by atoms with Crippen molar-refractivity contribution in [3.05, 3.63) is 514 Å². The first-order chi connectivity index (χ1) is 69.7. The minimum Gasteiger partial charge on any atom is -1.00 e. The maximum Gasteiger partial charge on any atom is 0.762 e. The van der Waals surface area contributed by atoms with Gasteiger partial charge in [0.2, 0.25) is 17.1 Å². The molecule has 0 amide bonds. The predicted octanol–water partition coefficient (Wildman–Crippen LogP) is 30.6. The van der Waals surface area contributed by atoms with Crippen LogP contribution in [0, 0.1) is 27.7 Å². The first kappa shape index (κ1) is 105. The zero-order valence-electron chi connectivity index (χ0n) is 84.4. The van der Waals surface area contributed by atoms with Gasteiger partial charge in [0.05, 0.1) is 28.6 Å². The number of fused-ring (bicyclic) bond motifs is 6. The maximum atomic E-state index is 12.2. The van der Waals surface area contributed by atoms with Crippen LogP contribution in [0.3, 0.4) is 0 Å². The van der Waals surface area contributed by atoms with E-state index in [-0.39, 0.29) is 39.9 Å². The third-order valence-electron chi connectivity index (χ3n) is 28.1. The molecular formula is C130H128BF4N7O3S. The first-order valence-corrected chi connectivity index (χ1v) is 51.2. The number of hydrogen-bond donors (Lipinski definition) is 1. The third-order valence-corrected chi connectivity index (χ3v) is 29.5. The van der Waals surface area contributed by atoms with Crippen molar-refractivity contribution in [3.8, 4) is 0 Å². The Hall–Kier alpha value is -15.4. The summed E-state index contributed by atoms with van der Waals surface area (Å²) in [5.41, 5.74) is 34.6. The van der Waals surface area contributed by atoms with E-state index in [1.807, 2.05) is 104 Å². The Morgan fingerprint density at radius 3 is 1.27 bits per heavy atom. The van der Waals surface area contributed by atoms with Crippen LogP contribution < -0.4 is 29.3 Å². The molecule has 3 heterocycles. The monoisotopic (exact) mass is 1950 g/mol. The zero-order chi connectivity index (χ0) is 100. The normalized spacial score (nSPS) is 15.8. The lowest BCUT2D eigenvalue weighted by atomic mass is 9.82. The molecule has 0 radical (unpaired) electrons. The van der Waals surface area contributed by atoms with Gasteiger partial charge >= 0.3 is 7.54 Å². The molecule has 0 unspecified atom stereocenters. The van der Waals surface area contributed by atoms with E-state index in [2.05, 4.69) is 402 Å². The summed E-state index contributed by atoms with van der Waals surface area (Å²) in [5, 5.41) is 11.1. The number of hydrogen-bond acceptors (Lipinski definition) is 9. The molecule has 16 heteroatoms. The van der Waals surface area contributed by atoms with Crippen LogP contribution in [0.15, 0.2) is 473 Å². The smallest absolute Gasteiger partial charge is 0.762 e. The number of para-hydroxylation sites is 6. The number of anilines is 5. The molecule has 738 valence electrons. The summed E-state index contributed by atoms with van der Waals surface area (Å²) < 4.78 is 61.0. The van der Waals surface area contributed by atoms with E-state index >= 15 is 0 Å². The van der Waals surface area contributed by atoms with Crippen LogP contribution in [-0.2, 0) is 49.8 Å². The van der Waals surface area contributed by atoms with Gasteiger partial charge in [-0.3, -0.25) is 27.1 Å². The summed E-state index contributed by atoms with van der Waals surface area (Å²) in [5.74, 6) is 0. The summed E-state index contributed by atoms with van der Waals surface area (Å²) in [7, 11) is -7.37. The van der Waals surface area contributed by atoms with Gasteiger partial charge in [0, 0.05) is 123 Å². The summed E-state index contributed by atoms with van der Waals surface area (Å²) in [6.07, 6.45) is 20.3. The Bertz CT molecular complexity index is 7430. The highest BCUT2D eigenvalue weighted by Crippen LogP contribution is 2.52.